The SMILES string of the molecule is COc1ccc(-c2[nH]ncc2/C=C2/C(=O)Nc3ccccc32)cc1. The number of rotatable bonds is 3. The summed E-state index contributed by atoms with van der Waals surface area (Å²) in [7, 11) is 1.64. The average molecular weight is 317 g/mol. The highest BCUT2D eigenvalue weighted by atomic mass is 16.5. The van der Waals surface area contributed by atoms with Crippen LogP contribution in [0.5, 0.6) is 5.75 Å². The molecule has 2 aromatic carbocycles. The van der Waals surface area contributed by atoms with Gasteiger partial charge in [0, 0.05) is 28.0 Å². The van der Waals surface area contributed by atoms with Crippen LogP contribution in [0.4, 0.5) is 5.69 Å². The van der Waals surface area contributed by atoms with Gasteiger partial charge in [0.1, 0.15) is 5.75 Å². The average Bonchev–Trinajstić information content (AvgIpc) is 3.20. The van der Waals surface area contributed by atoms with Crippen molar-refractivity contribution in [1.29, 1.82) is 0 Å². The number of benzene rings is 2. The zero-order valence-corrected chi connectivity index (χ0v) is 13.0. The Bertz CT molecular complexity index is 939. The lowest BCUT2D eigenvalue weighted by atomic mass is 10.0. The Balaban J connectivity index is 1.76. The fourth-order valence-corrected chi connectivity index (χ4v) is 2.83. The van der Waals surface area contributed by atoms with Crippen LogP contribution in [0, 0.1) is 0 Å². The van der Waals surface area contributed by atoms with E-state index in [0.29, 0.717) is 5.57 Å². The highest BCUT2D eigenvalue weighted by Crippen LogP contribution is 2.34. The Hall–Kier alpha value is -3.34. The number of methoxy groups -OCH3 is 1. The summed E-state index contributed by atoms with van der Waals surface area (Å²) < 4.78 is 5.19. The number of aromatic nitrogens is 2. The molecule has 0 fully saturated rings. The van der Waals surface area contributed by atoms with E-state index in [9.17, 15) is 4.79 Å². The van der Waals surface area contributed by atoms with Crippen LogP contribution in [0.3, 0.4) is 0 Å². The zero-order chi connectivity index (χ0) is 16.5. The number of amides is 1. The molecular weight excluding hydrogens is 302 g/mol. The van der Waals surface area contributed by atoms with Crippen molar-refractivity contribution >= 4 is 23.2 Å². The molecule has 0 bridgehead atoms. The maximum absolute atomic E-state index is 12.3. The first-order chi connectivity index (χ1) is 11.8. The Morgan fingerprint density at radius 2 is 1.88 bits per heavy atom. The fraction of sp³-hybridized carbons (Fsp3) is 0.0526. The van der Waals surface area contributed by atoms with Gasteiger partial charge in [-0.15, -0.1) is 0 Å². The van der Waals surface area contributed by atoms with E-state index in [-0.39, 0.29) is 5.91 Å². The van der Waals surface area contributed by atoms with Gasteiger partial charge in [0.25, 0.3) is 5.91 Å². The maximum Gasteiger partial charge on any atom is 0.256 e. The molecule has 1 aliphatic heterocycles. The molecule has 2 heterocycles. The predicted octanol–water partition coefficient (Wildman–Crippen LogP) is 3.58. The van der Waals surface area contributed by atoms with Gasteiger partial charge < -0.3 is 10.1 Å². The number of hydrogen-bond donors (Lipinski definition) is 2. The van der Waals surface area contributed by atoms with E-state index in [1.807, 2.05) is 54.6 Å². The number of carbonyl (C=O) groups is 1. The standard InChI is InChI=1S/C19H15N3O2/c1-24-14-8-6-12(7-9-14)18-13(11-20-22-18)10-16-15-4-2-3-5-17(15)21-19(16)23/h2-11H,1H3,(H,20,22)(H,21,23)/b16-10+. The van der Waals surface area contributed by atoms with E-state index in [0.717, 1.165) is 33.8 Å². The quantitative estimate of drug-likeness (QED) is 0.726. The second-order valence-corrected chi connectivity index (χ2v) is 5.49. The van der Waals surface area contributed by atoms with Crippen molar-refractivity contribution in [3.05, 3.63) is 65.9 Å². The molecule has 0 aliphatic carbocycles. The maximum atomic E-state index is 12.3. The molecule has 0 spiro atoms. The third kappa shape index (κ3) is 2.36. The first-order valence-corrected chi connectivity index (χ1v) is 7.56. The number of H-pyrrole nitrogens is 1. The summed E-state index contributed by atoms with van der Waals surface area (Å²) in [4.78, 5) is 12.3. The number of aromatic amines is 1. The molecule has 5 heteroatoms. The van der Waals surface area contributed by atoms with Gasteiger partial charge in [-0.3, -0.25) is 9.89 Å². The molecule has 0 unspecified atom stereocenters. The minimum atomic E-state index is -0.0990. The molecule has 1 aromatic heterocycles. The van der Waals surface area contributed by atoms with E-state index in [4.69, 9.17) is 4.74 Å². The molecule has 0 radical (unpaired) electrons. The summed E-state index contributed by atoms with van der Waals surface area (Å²) >= 11 is 0. The monoisotopic (exact) mass is 317 g/mol. The lowest BCUT2D eigenvalue weighted by molar-refractivity contribution is -0.110. The summed E-state index contributed by atoms with van der Waals surface area (Å²) in [6, 6.07) is 15.4. The predicted molar refractivity (Wildman–Crippen MR) is 93.5 cm³/mol. The van der Waals surface area contributed by atoms with Gasteiger partial charge in [-0.05, 0) is 36.4 Å². The number of carbonyl (C=O) groups excluding carboxylic acids is 1. The molecule has 5 nitrogen and oxygen atoms in total. The van der Waals surface area contributed by atoms with Crippen LogP contribution < -0.4 is 10.1 Å². The molecule has 3 aromatic rings. The number of fused-ring (bicyclic) bond motifs is 1. The van der Waals surface area contributed by atoms with Gasteiger partial charge >= 0.3 is 0 Å². The summed E-state index contributed by atoms with van der Waals surface area (Å²) in [5.74, 6) is 0.695. The number of nitrogens with zero attached hydrogens (tertiary/aromatic N) is 1. The molecule has 24 heavy (non-hydrogen) atoms. The minimum absolute atomic E-state index is 0.0990. The summed E-state index contributed by atoms with van der Waals surface area (Å²) in [6.45, 7) is 0. The van der Waals surface area contributed by atoms with E-state index in [1.54, 1.807) is 13.3 Å². The third-order valence-electron chi connectivity index (χ3n) is 4.06. The Morgan fingerprint density at radius 3 is 2.67 bits per heavy atom. The van der Waals surface area contributed by atoms with E-state index >= 15 is 0 Å². The zero-order valence-electron chi connectivity index (χ0n) is 13.0. The molecule has 2 N–H and O–H groups in total. The molecule has 0 saturated carbocycles. The molecule has 1 amide bonds. The highest BCUT2D eigenvalue weighted by molar-refractivity contribution is 6.35. The molecule has 118 valence electrons. The number of hydrogen-bond acceptors (Lipinski definition) is 3. The second kappa shape index (κ2) is 5.70. The van der Waals surface area contributed by atoms with Crippen LogP contribution >= 0.6 is 0 Å². The smallest absolute Gasteiger partial charge is 0.256 e. The highest BCUT2D eigenvalue weighted by Gasteiger charge is 2.24. The van der Waals surface area contributed by atoms with Crippen LogP contribution in [0.1, 0.15) is 11.1 Å². The minimum Gasteiger partial charge on any atom is -0.497 e. The van der Waals surface area contributed by atoms with Crippen molar-refractivity contribution in [3.63, 3.8) is 0 Å². The lowest BCUT2D eigenvalue weighted by Gasteiger charge is -2.03. The molecular formula is C19H15N3O2. The normalized spacial score (nSPS) is 14.5. The van der Waals surface area contributed by atoms with Crippen molar-refractivity contribution in [2.24, 2.45) is 0 Å². The van der Waals surface area contributed by atoms with Crippen LogP contribution in [-0.4, -0.2) is 23.2 Å². The van der Waals surface area contributed by atoms with Crippen LogP contribution in [0.2, 0.25) is 0 Å². The number of nitrogens with one attached hydrogen (secondary N) is 2. The molecule has 0 saturated heterocycles. The van der Waals surface area contributed by atoms with Gasteiger partial charge in [-0.1, -0.05) is 18.2 Å². The van der Waals surface area contributed by atoms with Gasteiger partial charge in [-0.2, -0.15) is 5.10 Å². The van der Waals surface area contributed by atoms with Crippen LogP contribution in [0.15, 0.2) is 54.7 Å². The molecule has 0 atom stereocenters. The van der Waals surface area contributed by atoms with Crippen LogP contribution in [0.25, 0.3) is 22.9 Å². The van der Waals surface area contributed by atoms with Crippen molar-refractivity contribution in [2.45, 2.75) is 0 Å². The van der Waals surface area contributed by atoms with Gasteiger partial charge in [0.05, 0.1) is 19.0 Å². The number of anilines is 1. The number of para-hydroxylation sites is 1. The van der Waals surface area contributed by atoms with Gasteiger partial charge in [0.15, 0.2) is 0 Å². The second-order valence-electron chi connectivity index (χ2n) is 5.49. The number of ether oxygens (including phenoxy) is 1. The summed E-state index contributed by atoms with van der Waals surface area (Å²) in [5.41, 5.74) is 5.09. The van der Waals surface area contributed by atoms with Gasteiger partial charge in [-0.25, -0.2) is 0 Å². The van der Waals surface area contributed by atoms with Gasteiger partial charge in [0.2, 0.25) is 0 Å². The lowest BCUT2D eigenvalue weighted by Crippen LogP contribution is -2.03. The largest absolute Gasteiger partial charge is 0.497 e. The van der Waals surface area contributed by atoms with Crippen molar-refractivity contribution in [2.75, 3.05) is 12.4 Å². The Kier molecular flexibility index (Phi) is 3.39. The van der Waals surface area contributed by atoms with Crippen molar-refractivity contribution in [3.8, 4) is 17.0 Å². The van der Waals surface area contributed by atoms with Crippen molar-refractivity contribution < 1.29 is 9.53 Å². The van der Waals surface area contributed by atoms with E-state index in [2.05, 4.69) is 15.5 Å². The van der Waals surface area contributed by atoms with E-state index < -0.39 is 0 Å². The Morgan fingerprint density at radius 1 is 1.08 bits per heavy atom. The summed E-state index contributed by atoms with van der Waals surface area (Å²) in [6.07, 6.45) is 3.59. The molecule has 1 aliphatic rings. The third-order valence-corrected chi connectivity index (χ3v) is 4.06. The summed E-state index contributed by atoms with van der Waals surface area (Å²) in [5, 5.41) is 10.0. The first-order valence-electron chi connectivity index (χ1n) is 7.56. The van der Waals surface area contributed by atoms with E-state index in [1.165, 1.54) is 0 Å². The topological polar surface area (TPSA) is 67.0 Å². The van der Waals surface area contributed by atoms with Crippen LogP contribution in [-0.2, 0) is 4.79 Å². The van der Waals surface area contributed by atoms with Crippen molar-refractivity contribution in [1.82, 2.24) is 10.2 Å². The molecule has 4 rings (SSSR count). The first kappa shape index (κ1) is 14.3. The fourth-order valence-electron chi connectivity index (χ4n) is 2.83. The Labute approximate surface area is 139 Å².